The molecule has 15 heavy (non-hydrogen) atoms. The highest BCUT2D eigenvalue weighted by Crippen LogP contribution is 2.37. The van der Waals surface area contributed by atoms with Gasteiger partial charge in [-0.25, -0.2) is 0 Å². The molecule has 0 amide bonds. The van der Waals surface area contributed by atoms with Gasteiger partial charge in [0.05, 0.1) is 10.1 Å². The second kappa shape index (κ2) is 5.57. The average molecular weight is 293 g/mol. The van der Waals surface area contributed by atoms with Crippen LogP contribution in [0.3, 0.4) is 0 Å². The van der Waals surface area contributed by atoms with Crippen molar-refractivity contribution in [3.05, 3.63) is 28.2 Å². The molecule has 0 aliphatic rings. The molecular weight excluding hydrogens is 288 g/mol. The van der Waals surface area contributed by atoms with Gasteiger partial charge >= 0.3 is 5.51 Å². The van der Waals surface area contributed by atoms with Crippen molar-refractivity contribution in [1.29, 1.82) is 0 Å². The Balaban J connectivity index is 2.51. The van der Waals surface area contributed by atoms with Crippen LogP contribution < -0.4 is 0 Å². The molecular formula is C8H5Cl2F3S2. The molecule has 84 valence electrons. The van der Waals surface area contributed by atoms with Gasteiger partial charge in [-0.3, -0.25) is 0 Å². The molecule has 0 heterocycles. The van der Waals surface area contributed by atoms with E-state index in [1.807, 2.05) is 0 Å². The van der Waals surface area contributed by atoms with Gasteiger partial charge in [0.1, 0.15) is 0 Å². The predicted octanol–water partition coefficient (Wildman–Crippen LogP) is 5.30. The van der Waals surface area contributed by atoms with E-state index in [4.69, 9.17) is 23.2 Å². The van der Waals surface area contributed by atoms with Crippen molar-refractivity contribution in [3.63, 3.8) is 0 Å². The molecule has 0 aromatic heterocycles. The topological polar surface area (TPSA) is 0 Å². The number of alkyl halides is 3. The molecule has 0 radical (unpaired) electrons. The number of benzene rings is 1. The van der Waals surface area contributed by atoms with Crippen molar-refractivity contribution in [1.82, 2.24) is 0 Å². The maximum absolute atomic E-state index is 11.8. The van der Waals surface area contributed by atoms with Gasteiger partial charge in [-0.2, -0.15) is 13.2 Å². The van der Waals surface area contributed by atoms with E-state index in [0.717, 1.165) is 11.8 Å². The van der Waals surface area contributed by atoms with Gasteiger partial charge in [0.15, 0.2) is 0 Å². The minimum absolute atomic E-state index is 0.0874. The normalized spacial score (nSPS) is 11.8. The van der Waals surface area contributed by atoms with Crippen LogP contribution in [0.2, 0.25) is 10.0 Å². The monoisotopic (exact) mass is 292 g/mol. The molecule has 1 rings (SSSR count). The van der Waals surface area contributed by atoms with Gasteiger partial charge in [0.25, 0.3) is 0 Å². The van der Waals surface area contributed by atoms with Crippen LogP contribution in [-0.2, 0) is 0 Å². The highest BCUT2D eigenvalue weighted by atomic mass is 35.5. The summed E-state index contributed by atoms with van der Waals surface area (Å²) < 4.78 is 35.5. The number of hydrogen-bond acceptors (Lipinski definition) is 2. The predicted molar refractivity (Wildman–Crippen MR) is 60.8 cm³/mol. The van der Waals surface area contributed by atoms with Crippen LogP contribution in [0.1, 0.15) is 0 Å². The van der Waals surface area contributed by atoms with Crippen molar-refractivity contribution in [2.24, 2.45) is 0 Å². The first-order chi connectivity index (χ1) is 6.88. The van der Waals surface area contributed by atoms with Crippen molar-refractivity contribution in [3.8, 4) is 0 Å². The average Bonchev–Trinajstić information content (AvgIpc) is 2.07. The molecule has 0 unspecified atom stereocenters. The van der Waals surface area contributed by atoms with E-state index < -0.39 is 5.51 Å². The molecule has 0 spiro atoms. The summed E-state index contributed by atoms with van der Waals surface area (Å²) in [6.07, 6.45) is 0. The lowest BCUT2D eigenvalue weighted by Gasteiger charge is -2.06. The van der Waals surface area contributed by atoms with Crippen molar-refractivity contribution in [2.45, 2.75) is 10.4 Å². The van der Waals surface area contributed by atoms with Crippen LogP contribution >= 0.6 is 46.7 Å². The second-order valence-corrected chi connectivity index (χ2v) is 5.69. The number of thioether (sulfide) groups is 2. The standard InChI is InChI=1S/C8H5Cl2F3S2/c9-5-1-2-7(6(10)3-5)14-4-15-8(11,12)13/h1-3H,4H2. The molecule has 0 aliphatic heterocycles. The summed E-state index contributed by atoms with van der Waals surface area (Å²) in [6.45, 7) is 0. The summed E-state index contributed by atoms with van der Waals surface area (Å²) >= 11 is 12.4. The fourth-order valence-electron chi connectivity index (χ4n) is 0.752. The molecule has 0 bridgehead atoms. The van der Waals surface area contributed by atoms with E-state index in [9.17, 15) is 13.2 Å². The van der Waals surface area contributed by atoms with Crippen molar-refractivity contribution < 1.29 is 13.2 Å². The van der Waals surface area contributed by atoms with E-state index in [1.165, 1.54) is 6.07 Å². The van der Waals surface area contributed by atoms with Crippen molar-refractivity contribution in [2.75, 3.05) is 5.08 Å². The van der Waals surface area contributed by atoms with Gasteiger partial charge in [0, 0.05) is 9.92 Å². The summed E-state index contributed by atoms with van der Waals surface area (Å²) in [4.78, 5) is 0.595. The first-order valence-electron chi connectivity index (χ1n) is 3.67. The summed E-state index contributed by atoms with van der Waals surface area (Å²) in [5.41, 5.74) is -4.20. The molecule has 0 aliphatic carbocycles. The van der Waals surface area contributed by atoms with Crippen LogP contribution in [0, 0.1) is 0 Å². The Morgan fingerprint density at radius 3 is 2.40 bits per heavy atom. The third-order valence-corrected chi connectivity index (χ3v) is 3.93. The maximum atomic E-state index is 11.8. The SMILES string of the molecule is FC(F)(F)SCSc1ccc(Cl)cc1Cl. The summed E-state index contributed by atoms with van der Waals surface area (Å²) in [5.74, 6) is 0. The Morgan fingerprint density at radius 1 is 1.20 bits per heavy atom. The Morgan fingerprint density at radius 2 is 1.87 bits per heavy atom. The van der Waals surface area contributed by atoms with Crippen LogP contribution in [0.4, 0.5) is 13.2 Å². The van der Waals surface area contributed by atoms with Crippen LogP contribution in [-0.4, -0.2) is 10.6 Å². The minimum Gasteiger partial charge on any atom is -0.160 e. The lowest BCUT2D eigenvalue weighted by atomic mass is 10.4. The molecule has 0 N–H and O–H groups in total. The molecule has 0 fully saturated rings. The van der Waals surface area contributed by atoms with Gasteiger partial charge in [-0.1, -0.05) is 23.2 Å². The van der Waals surface area contributed by atoms with Crippen LogP contribution in [0.15, 0.2) is 23.1 Å². The van der Waals surface area contributed by atoms with E-state index in [1.54, 1.807) is 12.1 Å². The summed E-state index contributed by atoms with van der Waals surface area (Å²) in [6, 6.07) is 4.70. The highest BCUT2D eigenvalue weighted by molar-refractivity contribution is 8.16. The molecule has 0 saturated carbocycles. The molecule has 0 nitrogen and oxygen atoms in total. The lowest BCUT2D eigenvalue weighted by Crippen LogP contribution is -1.99. The molecule has 0 saturated heterocycles. The fourth-order valence-corrected chi connectivity index (χ4v) is 2.96. The second-order valence-electron chi connectivity index (χ2n) is 2.43. The van der Waals surface area contributed by atoms with Gasteiger partial charge < -0.3 is 0 Å². The van der Waals surface area contributed by atoms with E-state index in [-0.39, 0.29) is 16.8 Å². The Labute approximate surface area is 104 Å². The van der Waals surface area contributed by atoms with Gasteiger partial charge in [0.2, 0.25) is 0 Å². The Bertz CT molecular complexity index is 341. The number of hydrogen-bond donors (Lipinski definition) is 0. The summed E-state index contributed by atoms with van der Waals surface area (Å²) in [7, 11) is 0. The zero-order chi connectivity index (χ0) is 11.5. The number of rotatable bonds is 3. The summed E-state index contributed by atoms with van der Waals surface area (Å²) in [5, 5.41) is 0.716. The third-order valence-electron chi connectivity index (χ3n) is 1.33. The zero-order valence-electron chi connectivity index (χ0n) is 7.15. The first kappa shape index (κ1) is 13.4. The molecule has 7 heteroatoms. The fraction of sp³-hybridized carbons (Fsp3) is 0.250. The minimum atomic E-state index is -4.20. The Kier molecular flexibility index (Phi) is 4.96. The number of halogens is 5. The largest absolute Gasteiger partial charge is 0.442 e. The van der Waals surface area contributed by atoms with Crippen molar-refractivity contribution >= 4 is 46.7 Å². The van der Waals surface area contributed by atoms with Crippen LogP contribution in [0.25, 0.3) is 0 Å². The quantitative estimate of drug-likeness (QED) is 0.548. The third kappa shape index (κ3) is 5.24. The molecule has 0 atom stereocenters. The van der Waals surface area contributed by atoms with Gasteiger partial charge in [-0.15, -0.1) is 11.8 Å². The first-order valence-corrected chi connectivity index (χ1v) is 6.40. The maximum Gasteiger partial charge on any atom is 0.442 e. The molecule has 1 aromatic rings. The zero-order valence-corrected chi connectivity index (χ0v) is 10.3. The van der Waals surface area contributed by atoms with E-state index in [2.05, 4.69) is 0 Å². The van der Waals surface area contributed by atoms with E-state index >= 15 is 0 Å². The smallest absolute Gasteiger partial charge is 0.160 e. The molecule has 1 aromatic carbocycles. The van der Waals surface area contributed by atoms with E-state index in [0.29, 0.717) is 14.9 Å². The van der Waals surface area contributed by atoms with Crippen LogP contribution in [0.5, 0.6) is 0 Å². The highest BCUT2D eigenvalue weighted by Gasteiger charge is 2.27. The Hall–Kier alpha value is 0.290. The van der Waals surface area contributed by atoms with Gasteiger partial charge in [-0.05, 0) is 30.0 Å². The lowest BCUT2D eigenvalue weighted by molar-refractivity contribution is -0.0324.